The molecule has 6 nitrogen and oxygen atoms in total. The number of rotatable bonds is 5. The summed E-state index contributed by atoms with van der Waals surface area (Å²) in [5.74, 6) is -0.667. The number of Topliss-reactive ketones (excluding diaryl/α,β-unsaturated/α-hetero) is 1. The van der Waals surface area contributed by atoms with Gasteiger partial charge in [-0.3, -0.25) is 9.59 Å². The smallest absolute Gasteiger partial charge is 0.408 e. The van der Waals surface area contributed by atoms with Crippen LogP contribution in [0.4, 0.5) is 4.79 Å². The van der Waals surface area contributed by atoms with Crippen LogP contribution in [0, 0.1) is 0 Å². The predicted octanol–water partition coefficient (Wildman–Crippen LogP) is 2.29. The van der Waals surface area contributed by atoms with Crippen LogP contribution in [-0.2, 0) is 9.53 Å². The van der Waals surface area contributed by atoms with Crippen LogP contribution in [0.1, 0.15) is 45.0 Å². The molecule has 0 aliphatic rings. The minimum atomic E-state index is -1.20. The van der Waals surface area contributed by atoms with Gasteiger partial charge in [-0.1, -0.05) is 30.3 Å². The Morgan fingerprint density at radius 1 is 1.00 bits per heavy atom. The minimum Gasteiger partial charge on any atom is -0.444 e. The van der Waals surface area contributed by atoms with E-state index >= 15 is 0 Å². The number of ether oxygens (including phenoxy) is 1. The Kier molecular flexibility index (Phi) is 5.90. The molecule has 0 heterocycles. The van der Waals surface area contributed by atoms with Crippen molar-refractivity contribution in [3.05, 3.63) is 35.9 Å². The van der Waals surface area contributed by atoms with Gasteiger partial charge in [-0.2, -0.15) is 0 Å². The third kappa shape index (κ3) is 6.50. The molecule has 0 atom stereocenters. The second-order valence-electron chi connectivity index (χ2n) is 6.72. The molecule has 0 fully saturated rings. The fraction of sp³-hybridized carbons (Fsp3) is 0.471. The van der Waals surface area contributed by atoms with Crippen molar-refractivity contribution in [2.45, 2.75) is 45.8 Å². The molecule has 2 N–H and O–H groups in total. The van der Waals surface area contributed by atoms with E-state index in [2.05, 4.69) is 10.6 Å². The number of carbonyl (C=O) groups is 3. The van der Waals surface area contributed by atoms with Crippen molar-refractivity contribution in [3.8, 4) is 0 Å². The highest BCUT2D eigenvalue weighted by atomic mass is 16.6. The Morgan fingerprint density at radius 2 is 1.57 bits per heavy atom. The van der Waals surface area contributed by atoms with Crippen molar-refractivity contribution >= 4 is 17.8 Å². The molecule has 0 aromatic heterocycles. The normalized spacial score (nSPS) is 11.5. The third-order valence-corrected chi connectivity index (χ3v) is 2.89. The van der Waals surface area contributed by atoms with E-state index in [1.165, 1.54) is 0 Å². The van der Waals surface area contributed by atoms with Crippen LogP contribution in [-0.4, -0.2) is 35.5 Å². The first-order valence-electron chi connectivity index (χ1n) is 7.39. The van der Waals surface area contributed by atoms with E-state index in [-0.39, 0.29) is 12.3 Å². The zero-order valence-electron chi connectivity index (χ0n) is 14.2. The molecular formula is C17H24N2O4. The monoisotopic (exact) mass is 320 g/mol. The summed E-state index contributed by atoms with van der Waals surface area (Å²) in [5, 5.41) is 5.02. The van der Waals surface area contributed by atoms with Crippen molar-refractivity contribution < 1.29 is 19.1 Å². The quantitative estimate of drug-likeness (QED) is 0.815. The zero-order valence-corrected chi connectivity index (χ0v) is 14.2. The highest BCUT2D eigenvalue weighted by Crippen LogP contribution is 2.09. The molecule has 0 radical (unpaired) electrons. The van der Waals surface area contributed by atoms with E-state index in [1.807, 2.05) is 6.07 Å². The average Bonchev–Trinajstić information content (AvgIpc) is 2.42. The second kappa shape index (κ2) is 7.26. The van der Waals surface area contributed by atoms with E-state index in [0.717, 1.165) is 0 Å². The van der Waals surface area contributed by atoms with E-state index in [4.69, 9.17) is 4.74 Å². The van der Waals surface area contributed by atoms with Crippen molar-refractivity contribution in [2.75, 3.05) is 6.54 Å². The van der Waals surface area contributed by atoms with Gasteiger partial charge >= 0.3 is 6.09 Å². The lowest BCUT2D eigenvalue weighted by Crippen LogP contribution is -2.56. The number of amides is 2. The molecule has 0 aliphatic carbocycles. The molecule has 0 bridgehead atoms. The number of hydrogen-bond acceptors (Lipinski definition) is 4. The summed E-state index contributed by atoms with van der Waals surface area (Å²) in [5.41, 5.74) is -1.33. The molecule has 0 unspecified atom stereocenters. The van der Waals surface area contributed by atoms with Crippen LogP contribution in [0.15, 0.2) is 30.3 Å². The molecule has 6 heteroatoms. The van der Waals surface area contributed by atoms with Gasteiger partial charge in [0, 0.05) is 5.56 Å². The summed E-state index contributed by atoms with van der Waals surface area (Å²) < 4.78 is 5.12. The van der Waals surface area contributed by atoms with Gasteiger partial charge in [0.15, 0.2) is 5.78 Å². The third-order valence-electron chi connectivity index (χ3n) is 2.89. The molecule has 1 aromatic rings. The number of carbonyl (C=O) groups excluding carboxylic acids is 3. The summed E-state index contributed by atoms with van der Waals surface area (Å²) in [7, 11) is 0. The Morgan fingerprint density at radius 3 is 2.09 bits per heavy atom. The van der Waals surface area contributed by atoms with Crippen molar-refractivity contribution in [1.29, 1.82) is 0 Å². The van der Waals surface area contributed by atoms with Gasteiger partial charge in [0.2, 0.25) is 5.91 Å². The van der Waals surface area contributed by atoms with Crippen LogP contribution in [0.5, 0.6) is 0 Å². The topological polar surface area (TPSA) is 84.5 Å². The van der Waals surface area contributed by atoms with Crippen molar-refractivity contribution in [2.24, 2.45) is 0 Å². The van der Waals surface area contributed by atoms with Gasteiger partial charge in [-0.05, 0) is 34.6 Å². The summed E-state index contributed by atoms with van der Waals surface area (Å²) in [6.45, 7) is 8.15. The Labute approximate surface area is 136 Å². The maximum absolute atomic E-state index is 12.2. The molecule has 1 rings (SSSR count). The van der Waals surface area contributed by atoms with Crippen LogP contribution in [0.25, 0.3) is 0 Å². The fourth-order valence-electron chi connectivity index (χ4n) is 1.72. The first-order valence-corrected chi connectivity index (χ1v) is 7.39. The van der Waals surface area contributed by atoms with E-state index in [1.54, 1.807) is 58.9 Å². The highest BCUT2D eigenvalue weighted by molar-refractivity contribution is 6.00. The molecule has 126 valence electrons. The van der Waals surface area contributed by atoms with E-state index in [0.29, 0.717) is 5.56 Å². The lowest BCUT2D eigenvalue weighted by molar-refractivity contribution is -0.126. The van der Waals surface area contributed by atoms with Crippen LogP contribution >= 0.6 is 0 Å². The van der Waals surface area contributed by atoms with Crippen LogP contribution < -0.4 is 10.6 Å². The average molecular weight is 320 g/mol. The summed E-state index contributed by atoms with van der Waals surface area (Å²) >= 11 is 0. The SMILES string of the molecule is CC(C)(C)OC(=O)NC(C)(C)C(=O)NCC(=O)c1ccccc1. The summed E-state index contributed by atoms with van der Waals surface area (Å²) in [4.78, 5) is 35.9. The number of alkyl carbamates (subject to hydrolysis) is 1. The molecule has 0 aliphatic heterocycles. The lowest BCUT2D eigenvalue weighted by Gasteiger charge is -2.27. The number of benzene rings is 1. The van der Waals surface area contributed by atoms with Crippen LogP contribution in [0.2, 0.25) is 0 Å². The highest BCUT2D eigenvalue weighted by Gasteiger charge is 2.31. The Hall–Kier alpha value is -2.37. The van der Waals surface area contributed by atoms with E-state index in [9.17, 15) is 14.4 Å². The molecule has 1 aromatic carbocycles. The van der Waals surface area contributed by atoms with Gasteiger partial charge in [0.25, 0.3) is 0 Å². The zero-order chi connectivity index (χ0) is 17.7. The molecule has 0 saturated heterocycles. The molecular weight excluding hydrogens is 296 g/mol. The first kappa shape index (κ1) is 18.7. The molecule has 2 amide bonds. The Bertz CT molecular complexity index is 574. The summed E-state index contributed by atoms with van der Waals surface area (Å²) in [6.07, 6.45) is -0.688. The maximum Gasteiger partial charge on any atom is 0.408 e. The standard InChI is InChI=1S/C17H24N2O4/c1-16(2,3)23-15(22)19-17(4,5)14(21)18-11-13(20)12-9-7-6-8-10-12/h6-10H,11H2,1-5H3,(H,18,21)(H,19,22). The lowest BCUT2D eigenvalue weighted by atomic mass is 10.0. The van der Waals surface area contributed by atoms with Gasteiger partial charge in [0.1, 0.15) is 11.1 Å². The summed E-state index contributed by atoms with van der Waals surface area (Å²) in [6, 6.07) is 8.67. The van der Waals surface area contributed by atoms with Gasteiger partial charge < -0.3 is 15.4 Å². The minimum absolute atomic E-state index is 0.137. The second-order valence-corrected chi connectivity index (χ2v) is 6.72. The van der Waals surface area contributed by atoms with Crippen molar-refractivity contribution in [3.63, 3.8) is 0 Å². The Balaban J connectivity index is 2.55. The number of ketones is 1. The van der Waals surface area contributed by atoms with Crippen LogP contribution in [0.3, 0.4) is 0 Å². The molecule has 23 heavy (non-hydrogen) atoms. The number of hydrogen-bond donors (Lipinski definition) is 2. The largest absolute Gasteiger partial charge is 0.444 e. The fourth-order valence-corrected chi connectivity index (χ4v) is 1.72. The van der Waals surface area contributed by atoms with Gasteiger partial charge in [0.05, 0.1) is 6.54 Å². The van der Waals surface area contributed by atoms with Crippen molar-refractivity contribution in [1.82, 2.24) is 10.6 Å². The van der Waals surface area contributed by atoms with E-state index < -0.39 is 23.1 Å². The number of nitrogens with one attached hydrogen (secondary N) is 2. The predicted molar refractivity (Wildman–Crippen MR) is 87.2 cm³/mol. The molecule has 0 saturated carbocycles. The maximum atomic E-state index is 12.2. The molecule has 0 spiro atoms. The van der Waals surface area contributed by atoms with Gasteiger partial charge in [-0.15, -0.1) is 0 Å². The first-order chi connectivity index (χ1) is 10.5. The van der Waals surface area contributed by atoms with Gasteiger partial charge in [-0.25, -0.2) is 4.79 Å².